The van der Waals surface area contributed by atoms with E-state index in [9.17, 15) is 0 Å². The topological polar surface area (TPSA) is 40.1 Å². The molecule has 1 rings (SSSR count). The fourth-order valence-electron chi connectivity index (χ4n) is 2.85. The van der Waals surface area contributed by atoms with E-state index >= 15 is 0 Å². The fourth-order valence-corrected chi connectivity index (χ4v) is 2.85. The minimum absolute atomic E-state index is 0. The van der Waals surface area contributed by atoms with Crippen molar-refractivity contribution in [3.63, 3.8) is 0 Å². The second-order valence-corrected chi connectivity index (χ2v) is 5.87. The first-order valence-corrected chi connectivity index (χ1v) is 8.56. The number of halogens is 1. The molecule has 0 radical (unpaired) electrons. The van der Waals surface area contributed by atoms with Crippen LogP contribution < -0.4 is 5.32 Å². The Morgan fingerprint density at radius 1 is 1.52 bits per heavy atom. The first-order chi connectivity index (χ1) is 10.7. The van der Waals surface area contributed by atoms with Gasteiger partial charge in [-0.15, -0.1) is 30.6 Å². The summed E-state index contributed by atoms with van der Waals surface area (Å²) >= 11 is 0. The lowest BCUT2D eigenvalue weighted by Gasteiger charge is -2.25. The summed E-state index contributed by atoms with van der Waals surface area (Å²) < 4.78 is 5.20. The van der Waals surface area contributed by atoms with E-state index in [0.29, 0.717) is 6.04 Å². The highest BCUT2D eigenvalue weighted by Gasteiger charge is 2.23. The van der Waals surface area contributed by atoms with E-state index in [2.05, 4.69) is 35.7 Å². The van der Waals surface area contributed by atoms with E-state index in [1.807, 2.05) is 6.08 Å². The van der Waals surface area contributed by atoms with Crippen molar-refractivity contribution in [2.75, 3.05) is 53.5 Å². The molecule has 1 N–H and O–H groups in total. The second-order valence-electron chi connectivity index (χ2n) is 5.87. The monoisotopic (exact) mass is 438 g/mol. The number of hydrogen-bond donors (Lipinski definition) is 1. The van der Waals surface area contributed by atoms with E-state index < -0.39 is 0 Å². The van der Waals surface area contributed by atoms with Crippen molar-refractivity contribution in [1.29, 1.82) is 0 Å². The molecule has 0 saturated carbocycles. The molecule has 0 amide bonds. The molecule has 23 heavy (non-hydrogen) atoms. The lowest BCUT2D eigenvalue weighted by Crippen LogP contribution is -2.41. The third-order valence-electron chi connectivity index (χ3n) is 4.13. The van der Waals surface area contributed by atoms with Gasteiger partial charge in [0.1, 0.15) is 0 Å². The average Bonchev–Trinajstić information content (AvgIpc) is 2.96. The van der Waals surface area contributed by atoms with E-state index in [4.69, 9.17) is 9.73 Å². The second kappa shape index (κ2) is 14.0. The number of allylic oxidation sites excluding steroid dienone is 1. The Balaban J connectivity index is 0.00000484. The Morgan fingerprint density at radius 3 is 2.96 bits per heavy atom. The van der Waals surface area contributed by atoms with Crippen molar-refractivity contribution in [2.24, 2.45) is 4.99 Å². The van der Waals surface area contributed by atoms with Crippen molar-refractivity contribution < 1.29 is 4.74 Å². The largest absolute Gasteiger partial charge is 0.383 e. The molecule has 1 heterocycles. The van der Waals surface area contributed by atoms with E-state index in [-0.39, 0.29) is 24.0 Å². The summed E-state index contributed by atoms with van der Waals surface area (Å²) in [5, 5.41) is 3.40. The van der Waals surface area contributed by atoms with Crippen molar-refractivity contribution >= 4 is 29.9 Å². The number of nitrogens with one attached hydrogen (secondary N) is 1. The Morgan fingerprint density at radius 2 is 2.30 bits per heavy atom. The van der Waals surface area contributed by atoms with Crippen LogP contribution in [-0.4, -0.2) is 75.3 Å². The zero-order valence-electron chi connectivity index (χ0n) is 15.1. The number of ether oxygens (including phenoxy) is 1. The standard InChI is InChI=1S/C17H34N4O.HI/c1-5-7-8-11-20(3)17(18-6-2)19-15-16-10-9-12-21(16)13-14-22-4;/h5,16H,1,6-15H2,2-4H3,(H,18,19);1H. The minimum atomic E-state index is 0. The first-order valence-electron chi connectivity index (χ1n) is 8.56. The third-order valence-corrected chi connectivity index (χ3v) is 4.13. The van der Waals surface area contributed by atoms with Crippen molar-refractivity contribution in [1.82, 2.24) is 15.1 Å². The number of nitrogens with zero attached hydrogens (tertiary/aromatic N) is 3. The summed E-state index contributed by atoms with van der Waals surface area (Å²) in [7, 11) is 3.88. The molecular weight excluding hydrogens is 403 g/mol. The fraction of sp³-hybridized carbons (Fsp3) is 0.824. The molecule has 1 fully saturated rings. The quantitative estimate of drug-likeness (QED) is 0.187. The van der Waals surface area contributed by atoms with Crippen LogP contribution in [0, 0.1) is 0 Å². The van der Waals surface area contributed by atoms with E-state index in [1.165, 1.54) is 19.4 Å². The van der Waals surface area contributed by atoms with Crippen molar-refractivity contribution in [2.45, 2.75) is 38.6 Å². The predicted molar refractivity (Wildman–Crippen MR) is 110 cm³/mol. The molecule has 6 heteroatoms. The third kappa shape index (κ3) is 8.91. The van der Waals surface area contributed by atoms with Crippen LogP contribution in [0.4, 0.5) is 0 Å². The summed E-state index contributed by atoms with van der Waals surface area (Å²) in [4.78, 5) is 9.59. The summed E-state index contributed by atoms with van der Waals surface area (Å²) in [6.45, 7) is 11.7. The number of methoxy groups -OCH3 is 1. The number of likely N-dealkylation sites (tertiary alicyclic amines) is 1. The number of aliphatic imine (C=N–C) groups is 1. The van der Waals surface area contributed by atoms with Crippen LogP contribution in [-0.2, 0) is 4.74 Å². The number of rotatable bonds is 10. The maximum absolute atomic E-state index is 5.20. The van der Waals surface area contributed by atoms with E-state index in [0.717, 1.165) is 51.6 Å². The first kappa shape index (κ1) is 22.7. The van der Waals surface area contributed by atoms with Gasteiger partial charge in [-0.1, -0.05) is 6.08 Å². The van der Waals surface area contributed by atoms with Gasteiger partial charge in [0.05, 0.1) is 13.2 Å². The Labute approximate surface area is 159 Å². The zero-order valence-corrected chi connectivity index (χ0v) is 17.4. The van der Waals surface area contributed by atoms with Crippen LogP contribution in [0.15, 0.2) is 17.6 Å². The van der Waals surface area contributed by atoms with Gasteiger partial charge < -0.3 is 15.0 Å². The van der Waals surface area contributed by atoms with Gasteiger partial charge in [0, 0.05) is 39.8 Å². The van der Waals surface area contributed by atoms with Gasteiger partial charge in [-0.3, -0.25) is 9.89 Å². The highest BCUT2D eigenvalue weighted by molar-refractivity contribution is 14.0. The molecule has 0 bridgehead atoms. The molecule has 0 aliphatic carbocycles. The van der Waals surface area contributed by atoms with Crippen LogP contribution in [0.1, 0.15) is 32.6 Å². The smallest absolute Gasteiger partial charge is 0.193 e. The maximum Gasteiger partial charge on any atom is 0.193 e. The maximum atomic E-state index is 5.20. The van der Waals surface area contributed by atoms with Gasteiger partial charge in [-0.25, -0.2) is 0 Å². The highest BCUT2D eigenvalue weighted by atomic mass is 127. The molecule has 1 saturated heterocycles. The highest BCUT2D eigenvalue weighted by Crippen LogP contribution is 2.17. The molecule has 0 aromatic rings. The summed E-state index contributed by atoms with van der Waals surface area (Å²) in [6, 6.07) is 0.561. The molecular formula is C17H35IN4O. The SMILES string of the molecule is C=CCCCN(C)C(=NCC1CCCN1CCOC)NCC.I. The Kier molecular flexibility index (Phi) is 13.8. The normalized spacial score (nSPS) is 18.6. The molecule has 0 spiro atoms. The molecule has 0 aromatic carbocycles. The van der Waals surface area contributed by atoms with Gasteiger partial charge in [0.15, 0.2) is 5.96 Å². The molecule has 1 aliphatic heterocycles. The van der Waals surface area contributed by atoms with E-state index in [1.54, 1.807) is 7.11 Å². The lowest BCUT2D eigenvalue weighted by molar-refractivity contribution is 0.142. The van der Waals surface area contributed by atoms with Gasteiger partial charge >= 0.3 is 0 Å². The van der Waals surface area contributed by atoms with Crippen LogP contribution in [0.5, 0.6) is 0 Å². The average molecular weight is 438 g/mol. The molecule has 1 aliphatic rings. The Bertz CT molecular complexity index is 339. The number of guanidine groups is 1. The summed E-state index contributed by atoms with van der Waals surface area (Å²) in [5.74, 6) is 1.02. The van der Waals surface area contributed by atoms with Crippen LogP contribution in [0.3, 0.4) is 0 Å². The minimum Gasteiger partial charge on any atom is -0.383 e. The molecule has 1 unspecified atom stereocenters. The van der Waals surface area contributed by atoms with Crippen molar-refractivity contribution in [3.8, 4) is 0 Å². The van der Waals surface area contributed by atoms with Crippen LogP contribution in [0.25, 0.3) is 0 Å². The van der Waals surface area contributed by atoms with Gasteiger partial charge in [-0.2, -0.15) is 0 Å². The number of unbranched alkanes of at least 4 members (excludes halogenated alkanes) is 1. The summed E-state index contributed by atoms with van der Waals surface area (Å²) in [6.07, 6.45) is 6.66. The number of hydrogen-bond acceptors (Lipinski definition) is 3. The molecule has 1 atom stereocenters. The molecule has 136 valence electrons. The molecule has 5 nitrogen and oxygen atoms in total. The lowest BCUT2D eigenvalue weighted by atomic mass is 10.2. The van der Waals surface area contributed by atoms with Gasteiger partial charge in [0.25, 0.3) is 0 Å². The van der Waals surface area contributed by atoms with Crippen LogP contribution in [0.2, 0.25) is 0 Å². The van der Waals surface area contributed by atoms with Crippen molar-refractivity contribution in [3.05, 3.63) is 12.7 Å². The van der Waals surface area contributed by atoms with Gasteiger partial charge in [0.2, 0.25) is 0 Å². The van der Waals surface area contributed by atoms with Gasteiger partial charge in [-0.05, 0) is 39.2 Å². The molecule has 0 aromatic heterocycles. The predicted octanol–water partition coefficient (Wildman–Crippen LogP) is 2.58. The Hall–Kier alpha value is -0.340. The zero-order chi connectivity index (χ0) is 16.2. The van der Waals surface area contributed by atoms with Crippen LogP contribution >= 0.6 is 24.0 Å². The summed E-state index contributed by atoms with van der Waals surface area (Å²) in [5.41, 5.74) is 0.